The summed E-state index contributed by atoms with van der Waals surface area (Å²) in [5.74, 6) is 0.845. The number of ether oxygens (including phenoxy) is 1. The van der Waals surface area contributed by atoms with Gasteiger partial charge in [-0.15, -0.1) is 0 Å². The molecule has 18 heavy (non-hydrogen) atoms. The number of rotatable bonds is 5. The number of hydrogen-bond acceptors (Lipinski definition) is 4. The van der Waals surface area contributed by atoms with E-state index in [1.54, 1.807) is 7.11 Å². The summed E-state index contributed by atoms with van der Waals surface area (Å²) in [7, 11) is 1.65. The molecule has 0 radical (unpaired) electrons. The average Bonchev–Trinajstić information content (AvgIpc) is 2.81. The molecule has 1 aliphatic heterocycles. The molecule has 0 unspecified atom stereocenters. The molecule has 1 heterocycles. The zero-order valence-electron chi connectivity index (χ0n) is 10.7. The molecule has 4 heteroatoms. The number of hydrogen-bond donors (Lipinski definition) is 2. The van der Waals surface area contributed by atoms with Crippen LogP contribution in [0.5, 0.6) is 5.75 Å². The largest absolute Gasteiger partial charge is 0.497 e. The molecule has 0 amide bonds. The van der Waals surface area contributed by atoms with Crippen LogP contribution in [0.4, 0.5) is 0 Å². The van der Waals surface area contributed by atoms with Crippen molar-refractivity contribution in [2.24, 2.45) is 0 Å². The zero-order valence-corrected chi connectivity index (χ0v) is 10.7. The molecule has 1 fully saturated rings. The molecule has 0 spiro atoms. The molecule has 0 bridgehead atoms. The van der Waals surface area contributed by atoms with Crippen molar-refractivity contribution < 1.29 is 14.9 Å². The van der Waals surface area contributed by atoms with Crippen molar-refractivity contribution in [3.8, 4) is 5.75 Å². The molecule has 2 N–H and O–H groups in total. The van der Waals surface area contributed by atoms with Crippen LogP contribution in [0.1, 0.15) is 18.4 Å². The van der Waals surface area contributed by atoms with Gasteiger partial charge in [0.2, 0.25) is 0 Å². The minimum absolute atomic E-state index is 0.159. The maximum atomic E-state index is 9.37. The van der Waals surface area contributed by atoms with E-state index in [0.29, 0.717) is 0 Å². The Morgan fingerprint density at radius 3 is 2.11 bits per heavy atom. The van der Waals surface area contributed by atoms with Gasteiger partial charge in [-0.2, -0.15) is 0 Å². The van der Waals surface area contributed by atoms with Gasteiger partial charge in [-0.25, -0.2) is 0 Å². The Bertz CT molecular complexity index is 354. The van der Waals surface area contributed by atoms with Gasteiger partial charge in [0, 0.05) is 18.6 Å². The standard InChI is InChI=1S/C14H21NO3/c1-18-14-6-2-11(3-7-14)8-15-12(9-16)4-5-13(15)10-17/h2-3,6-7,12-13,16-17H,4-5,8-10H2,1H3/t12-,13+. The minimum Gasteiger partial charge on any atom is -0.497 e. The molecule has 0 aromatic heterocycles. The topological polar surface area (TPSA) is 52.9 Å². The Balaban J connectivity index is 2.05. The quantitative estimate of drug-likeness (QED) is 0.820. The molecule has 1 saturated heterocycles. The SMILES string of the molecule is COc1ccc(CN2[C@H](CO)CC[C@@H]2CO)cc1. The molecule has 1 aromatic carbocycles. The van der Waals surface area contributed by atoms with E-state index in [4.69, 9.17) is 4.74 Å². The van der Waals surface area contributed by atoms with E-state index in [1.165, 1.54) is 5.56 Å². The number of likely N-dealkylation sites (tertiary alicyclic amines) is 1. The molecule has 0 aliphatic carbocycles. The highest BCUT2D eigenvalue weighted by Crippen LogP contribution is 2.26. The van der Waals surface area contributed by atoms with E-state index >= 15 is 0 Å². The summed E-state index contributed by atoms with van der Waals surface area (Å²) in [6.45, 7) is 1.08. The summed E-state index contributed by atoms with van der Waals surface area (Å²) in [5, 5.41) is 18.7. The summed E-state index contributed by atoms with van der Waals surface area (Å²) in [5.41, 5.74) is 1.18. The highest BCUT2D eigenvalue weighted by molar-refractivity contribution is 5.27. The lowest BCUT2D eigenvalue weighted by molar-refractivity contribution is 0.0902. The third-order valence-corrected chi connectivity index (χ3v) is 3.72. The molecule has 4 nitrogen and oxygen atoms in total. The number of methoxy groups -OCH3 is 1. The minimum atomic E-state index is 0.159. The van der Waals surface area contributed by atoms with Gasteiger partial charge in [0.05, 0.1) is 20.3 Å². The van der Waals surface area contributed by atoms with Crippen LogP contribution in [0.25, 0.3) is 0 Å². The molecule has 2 rings (SSSR count). The second kappa shape index (κ2) is 6.18. The summed E-state index contributed by atoms with van der Waals surface area (Å²) in [6, 6.07) is 8.27. The monoisotopic (exact) mass is 251 g/mol. The van der Waals surface area contributed by atoms with Crippen molar-refractivity contribution in [1.82, 2.24) is 4.90 Å². The van der Waals surface area contributed by atoms with E-state index in [2.05, 4.69) is 4.90 Å². The molecule has 1 aromatic rings. The van der Waals surface area contributed by atoms with Crippen molar-refractivity contribution in [2.75, 3.05) is 20.3 Å². The summed E-state index contributed by atoms with van der Waals surface area (Å²) < 4.78 is 5.13. The highest BCUT2D eigenvalue weighted by Gasteiger charge is 2.32. The number of benzene rings is 1. The van der Waals surface area contributed by atoms with E-state index in [0.717, 1.165) is 25.1 Å². The molecule has 1 aliphatic rings. The van der Waals surface area contributed by atoms with Gasteiger partial charge in [-0.1, -0.05) is 12.1 Å². The Hall–Kier alpha value is -1.10. The fraction of sp³-hybridized carbons (Fsp3) is 0.571. The van der Waals surface area contributed by atoms with Crippen molar-refractivity contribution in [3.63, 3.8) is 0 Å². The van der Waals surface area contributed by atoms with E-state index in [1.807, 2.05) is 24.3 Å². The van der Waals surface area contributed by atoms with Crippen LogP contribution < -0.4 is 4.74 Å². The first kappa shape index (κ1) is 13.3. The van der Waals surface area contributed by atoms with E-state index < -0.39 is 0 Å². The Morgan fingerprint density at radius 1 is 1.11 bits per heavy atom. The normalized spacial score (nSPS) is 24.4. The zero-order chi connectivity index (χ0) is 13.0. The number of nitrogens with zero attached hydrogens (tertiary/aromatic N) is 1. The van der Waals surface area contributed by atoms with Gasteiger partial charge in [-0.05, 0) is 30.5 Å². The van der Waals surface area contributed by atoms with Crippen LogP contribution >= 0.6 is 0 Å². The summed E-state index contributed by atoms with van der Waals surface area (Å²) >= 11 is 0. The fourth-order valence-corrected chi connectivity index (χ4v) is 2.61. The summed E-state index contributed by atoms with van der Waals surface area (Å²) in [6.07, 6.45) is 1.91. The van der Waals surface area contributed by atoms with Crippen LogP contribution in [0, 0.1) is 0 Å². The summed E-state index contributed by atoms with van der Waals surface area (Å²) in [4.78, 5) is 2.20. The fourth-order valence-electron chi connectivity index (χ4n) is 2.61. The van der Waals surface area contributed by atoms with Crippen molar-refractivity contribution in [2.45, 2.75) is 31.5 Å². The lowest BCUT2D eigenvalue weighted by atomic mass is 10.1. The Morgan fingerprint density at radius 2 is 1.67 bits per heavy atom. The first-order chi connectivity index (χ1) is 8.78. The molecule has 2 atom stereocenters. The first-order valence-electron chi connectivity index (χ1n) is 6.39. The van der Waals surface area contributed by atoms with Crippen LogP contribution in [-0.4, -0.2) is 47.5 Å². The molecule has 100 valence electrons. The lowest BCUT2D eigenvalue weighted by Crippen LogP contribution is -2.39. The van der Waals surface area contributed by atoms with Gasteiger partial charge >= 0.3 is 0 Å². The first-order valence-corrected chi connectivity index (χ1v) is 6.39. The van der Waals surface area contributed by atoms with Gasteiger partial charge < -0.3 is 14.9 Å². The van der Waals surface area contributed by atoms with Gasteiger partial charge in [0.1, 0.15) is 5.75 Å². The van der Waals surface area contributed by atoms with Crippen LogP contribution in [0.3, 0.4) is 0 Å². The van der Waals surface area contributed by atoms with Gasteiger partial charge in [-0.3, -0.25) is 4.90 Å². The predicted molar refractivity (Wildman–Crippen MR) is 69.5 cm³/mol. The van der Waals surface area contributed by atoms with Gasteiger partial charge in [0.25, 0.3) is 0 Å². The molecule has 0 saturated carbocycles. The second-order valence-corrected chi connectivity index (χ2v) is 4.77. The third-order valence-electron chi connectivity index (χ3n) is 3.72. The number of aliphatic hydroxyl groups excluding tert-OH is 2. The van der Waals surface area contributed by atoms with E-state index in [9.17, 15) is 10.2 Å². The van der Waals surface area contributed by atoms with Crippen molar-refractivity contribution >= 4 is 0 Å². The average molecular weight is 251 g/mol. The molecular formula is C14H21NO3. The van der Waals surface area contributed by atoms with Crippen LogP contribution in [-0.2, 0) is 6.54 Å². The van der Waals surface area contributed by atoms with Crippen molar-refractivity contribution in [3.05, 3.63) is 29.8 Å². The van der Waals surface area contributed by atoms with Crippen molar-refractivity contribution in [1.29, 1.82) is 0 Å². The lowest BCUT2D eigenvalue weighted by Gasteiger charge is -2.28. The Labute approximate surface area is 108 Å². The van der Waals surface area contributed by atoms with Crippen LogP contribution in [0.15, 0.2) is 24.3 Å². The molecular weight excluding hydrogens is 230 g/mol. The number of aliphatic hydroxyl groups is 2. The highest BCUT2D eigenvalue weighted by atomic mass is 16.5. The Kier molecular flexibility index (Phi) is 4.58. The maximum absolute atomic E-state index is 9.37. The third kappa shape index (κ3) is 2.83. The predicted octanol–water partition coefficient (Wildman–Crippen LogP) is 1.01. The van der Waals surface area contributed by atoms with Crippen LogP contribution in [0.2, 0.25) is 0 Å². The smallest absolute Gasteiger partial charge is 0.118 e. The van der Waals surface area contributed by atoms with Gasteiger partial charge in [0.15, 0.2) is 0 Å². The van der Waals surface area contributed by atoms with E-state index in [-0.39, 0.29) is 25.3 Å². The second-order valence-electron chi connectivity index (χ2n) is 4.77. The maximum Gasteiger partial charge on any atom is 0.118 e.